The third-order valence-corrected chi connectivity index (χ3v) is 5.24. The van der Waals surface area contributed by atoms with Gasteiger partial charge in [0.05, 0.1) is 35.0 Å². The van der Waals surface area contributed by atoms with Crippen LogP contribution in [-0.2, 0) is 4.79 Å². The Balaban J connectivity index is 1.97. The van der Waals surface area contributed by atoms with Crippen molar-refractivity contribution in [3.8, 4) is 22.6 Å². The Morgan fingerprint density at radius 3 is 2.55 bits per heavy atom. The molecule has 168 valence electrons. The van der Waals surface area contributed by atoms with Crippen molar-refractivity contribution in [2.24, 2.45) is 11.1 Å². The van der Waals surface area contributed by atoms with Gasteiger partial charge in [-0.05, 0) is 24.6 Å². The quantitative estimate of drug-likeness (QED) is 0.375. The number of carbonyl (C=O) groups is 2. The molecule has 0 atom stereocenters. The largest absolute Gasteiger partial charge is 0.395 e. The number of pyridine rings is 1. The fraction of sp³-hybridized carbons (Fsp3) is 0.217. The van der Waals surface area contributed by atoms with Gasteiger partial charge in [-0.2, -0.15) is 5.10 Å². The SMILES string of the molecule is Cc1ccc2[nH]ncc2c1-c1nc(-c2ccncc2NC(=O)C(C)(C)C)nc(C(N)=O)c1N. The van der Waals surface area contributed by atoms with Crippen LogP contribution in [0, 0.1) is 12.3 Å². The van der Waals surface area contributed by atoms with Crippen molar-refractivity contribution in [1.29, 1.82) is 0 Å². The second kappa shape index (κ2) is 7.97. The van der Waals surface area contributed by atoms with Gasteiger partial charge < -0.3 is 16.8 Å². The van der Waals surface area contributed by atoms with Crippen LogP contribution in [0.4, 0.5) is 11.4 Å². The molecule has 0 saturated carbocycles. The van der Waals surface area contributed by atoms with E-state index in [0.29, 0.717) is 22.5 Å². The first kappa shape index (κ1) is 21.9. The van der Waals surface area contributed by atoms with Gasteiger partial charge in [0.2, 0.25) is 5.91 Å². The minimum atomic E-state index is -0.788. The van der Waals surface area contributed by atoms with Crippen LogP contribution < -0.4 is 16.8 Å². The van der Waals surface area contributed by atoms with Gasteiger partial charge in [0.25, 0.3) is 5.91 Å². The number of H-pyrrole nitrogens is 1. The number of amides is 2. The Morgan fingerprint density at radius 2 is 1.85 bits per heavy atom. The third kappa shape index (κ3) is 3.98. The van der Waals surface area contributed by atoms with E-state index in [-0.39, 0.29) is 23.1 Å². The van der Waals surface area contributed by atoms with Crippen LogP contribution >= 0.6 is 0 Å². The predicted molar refractivity (Wildman–Crippen MR) is 126 cm³/mol. The number of carbonyl (C=O) groups excluding carboxylic acids is 2. The Kier molecular flexibility index (Phi) is 5.28. The van der Waals surface area contributed by atoms with E-state index in [1.807, 2.05) is 19.1 Å². The highest BCUT2D eigenvalue weighted by Crippen LogP contribution is 2.36. The zero-order valence-electron chi connectivity index (χ0n) is 18.7. The summed E-state index contributed by atoms with van der Waals surface area (Å²) in [6.07, 6.45) is 4.72. The molecule has 6 N–H and O–H groups in total. The number of nitrogen functional groups attached to an aromatic ring is 1. The van der Waals surface area contributed by atoms with E-state index < -0.39 is 11.3 Å². The van der Waals surface area contributed by atoms with Crippen LogP contribution in [0.3, 0.4) is 0 Å². The molecule has 0 unspecified atom stereocenters. The molecule has 2 amide bonds. The maximum absolute atomic E-state index is 12.6. The molecular formula is C23H24N8O2. The van der Waals surface area contributed by atoms with Gasteiger partial charge in [0.1, 0.15) is 0 Å². The minimum Gasteiger partial charge on any atom is -0.395 e. The Hall–Kier alpha value is -4.34. The van der Waals surface area contributed by atoms with Gasteiger partial charge in [-0.1, -0.05) is 26.8 Å². The van der Waals surface area contributed by atoms with Crippen molar-refractivity contribution in [1.82, 2.24) is 25.1 Å². The molecule has 33 heavy (non-hydrogen) atoms. The highest BCUT2D eigenvalue weighted by molar-refractivity contribution is 6.04. The summed E-state index contributed by atoms with van der Waals surface area (Å²) >= 11 is 0. The van der Waals surface area contributed by atoms with E-state index in [1.54, 1.807) is 39.2 Å². The van der Waals surface area contributed by atoms with E-state index >= 15 is 0 Å². The Bertz CT molecular complexity index is 1400. The van der Waals surface area contributed by atoms with Crippen molar-refractivity contribution in [2.75, 3.05) is 11.1 Å². The molecule has 1 aromatic carbocycles. The van der Waals surface area contributed by atoms with Crippen LogP contribution in [0.25, 0.3) is 33.5 Å². The molecule has 3 heterocycles. The molecule has 0 aliphatic rings. The lowest BCUT2D eigenvalue weighted by Crippen LogP contribution is -2.28. The minimum absolute atomic E-state index is 0.0670. The third-order valence-electron chi connectivity index (χ3n) is 5.24. The maximum atomic E-state index is 12.6. The number of nitrogens with one attached hydrogen (secondary N) is 2. The van der Waals surface area contributed by atoms with Gasteiger partial charge in [0.15, 0.2) is 11.5 Å². The van der Waals surface area contributed by atoms with E-state index in [1.165, 1.54) is 6.20 Å². The summed E-state index contributed by atoms with van der Waals surface area (Å²) in [4.78, 5) is 38.0. The number of aromatic nitrogens is 5. The molecular weight excluding hydrogens is 420 g/mol. The molecule has 0 radical (unpaired) electrons. The summed E-state index contributed by atoms with van der Waals surface area (Å²) in [5.74, 6) is -0.815. The molecule has 10 heteroatoms. The molecule has 3 aromatic heterocycles. The topological polar surface area (TPSA) is 166 Å². The average molecular weight is 444 g/mol. The molecule has 4 rings (SSSR count). The Morgan fingerprint density at radius 1 is 1.09 bits per heavy atom. The number of aryl methyl sites for hydroxylation is 1. The van der Waals surface area contributed by atoms with E-state index in [4.69, 9.17) is 16.5 Å². The Labute approximate surface area is 189 Å². The summed E-state index contributed by atoms with van der Waals surface area (Å²) in [6.45, 7) is 7.32. The number of primary amides is 1. The lowest BCUT2D eigenvalue weighted by atomic mass is 9.95. The molecule has 0 aliphatic heterocycles. The summed E-state index contributed by atoms with van der Waals surface area (Å²) in [6, 6.07) is 5.46. The number of anilines is 2. The fourth-order valence-electron chi connectivity index (χ4n) is 3.41. The molecule has 0 spiro atoms. The van der Waals surface area contributed by atoms with Gasteiger partial charge in [-0.3, -0.25) is 19.7 Å². The van der Waals surface area contributed by atoms with Crippen LogP contribution in [0.2, 0.25) is 0 Å². The predicted octanol–water partition coefficient (Wildman–Crippen LogP) is 3.06. The lowest BCUT2D eigenvalue weighted by molar-refractivity contribution is -0.123. The molecule has 0 bridgehead atoms. The van der Waals surface area contributed by atoms with Gasteiger partial charge in [-0.15, -0.1) is 0 Å². The first-order valence-corrected chi connectivity index (χ1v) is 10.2. The molecule has 0 saturated heterocycles. The summed E-state index contributed by atoms with van der Waals surface area (Å²) in [5.41, 5.74) is 14.9. The monoisotopic (exact) mass is 444 g/mol. The number of hydrogen-bond acceptors (Lipinski definition) is 7. The number of aromatic amines is 1. The van der Waals surface area contributed by atoms with Crippen molar-refractivity contribution in [2.45, 2.75) is 27.7 Å². The summed E-state index contributed by atoms with van der Waals surface area (Å²) in [7, 11) is 0. The number of fused-ring (bicyclic) bond motifs is 1. The van der Waals surface area contributed by atoms with Crippen molar-refractivity contribution in [3.63, 3.8) is 0 Å². The number of hydrogen-bond donors (Lipinski definition) is 4. The van der Waals surface area contributed by atoms with Crippen LogP contribution in [0.15, 0.2) is 36.8 Å². The first-order valence-electron chi connectivity index (χ1n) is 10.2. The molecule has 10 nitrogen and oxygen atoms in total. The second-order valence-corrected chi connectivity index (χ2v) is 8.74. The van der Waals surface area contributed by atoms with Crippen LogP contribution in [0.1, 0.15) is 36.8 Å². The van der Waals surface area contributed by atoms with Gasteiger partial charge in [0, 0.05) is 28.1 Å². The standard InChI is InChI=1S/C23H24N8O2/c1-11-5-6-14-13(9-27-31-14)16(11)18-17(24)19(20(25)32)30-21(29-18)12-7-8-26-10-15(12)28-22(33)23(2,3)4/h5-10H,24H2,1-4H3,(H2,25,32)(H,27,31)(H,28,33). The number of nitrogens with zero attached hydrogens (tertiary/aromatic N) is 4. The van der Waals surface area contributed by atoms with Gasteiger partial charge in [-0.25, -0.2) is 9.97 Å². The molecule has 0 fully saturated rings. The second-order valence-electron chi connectivity index (χ2n) is 8.74. The van der Waals surface area contributed by atoms with Crippen molar-refractivity contribution >= 4 is 34.1 Å². The molecule has 0 aliphatic carbocycles. The van der Waals surface area contributed by atoms with E-state index in [9.17, 15) is 9.59 Å². The van der Waals surface area contributed by atoms with Crippen LogP contribution in [0.5, 0.6) is 0 Å². The van der Waals surface area contributed by atoms with Crippen LogP contribution in [-0.4, -0.2) is 37.0 Å². The highest BCUT2D eigenvalue weighted by atomic mass is 16.2. The first-order chi connectivity index (χ1) is 15.6. The summed E-state index contributed by atoms with van der Waals surface area (Å²) in [5, 5.41) is 10.7. The van der Waals surface area contributed by atoms with Crippen molar-refractivity contribution < 1.29 is 9.59 Å². The lowest BCUT2D eigenvalue weighted by Gasteiger charge is -2.19. The number of rotatable bonds is 4. The number of benzene rings is 1. The molecule has 4 aromatic rings. The normalized spacial score (nSPS) is 11.5. The average Bonchev–Trinajstić information content (AvgIpc) is 3.22. The zero-order chi connectivity index (χ0) is 23.9. The summed E-state index contributed by atoms with van der Waals surface area (Å²) < 4.78 is 0. The smallest absolute Gasteiger partial charge is 0.269 e. The van der Waals surface area contributed by atoms with Gasteiger partial charge >= 0.3 is 0 Å². The van der Waals surface area contributed by atoms with E-state index in [2.05, 4.69) is 25.5 Å². The fourth-order valence-corrected chi connectivity index (χ4v) is 3.41. The highest BCUT2D eigenvalue weighted by Gasteiger charge is 2.25. The van der Waals surface area contributed by atoms with Crippen molar-refractivity contribution in [3.05, 3.63) is 48.0 Å². The number of nitrogens with two attached hydrogens (primary N) is 2. The zero-order valence-corrected chi connectivity index (χ0v) is 18.7. The van der Waals surface area contributed by atoms with E-state index in [0.717, 1.165) is 16.5 Å². The maximum Gasteiger partial charge on any atom is 0.269 e.